The van der Waals surface area contributed by atoms with Gasteiger partial charge in [-0.3, -0.25) is 9.59 Å². The van der Waals surface area contributed by atoms with Crippen LogP contribution in [0.5, 0.6) is 0 Å². The van der Waals surface area contributed by atoms with Gasteiger partial charge in [-0.25, -0.2) is 9.78 Å². The number of H-pyrrole nitrogens is 1. The van der Waals surface area contributed by atoms with Crippen molar-refractivity contribution >= 4 is 46.6 Å². The third kappa shape index (κ3) is 7.15. The van der Waals surface area contributed by atoms with Crippen LogP contribution >= 0.6 is 11.3 Å². The molecule has 0 bridgehead atoms. The average molecular weight is 633 g/mol. The summed E-state index contributed by atoms with van der Waals surface area (Å²) < 4.78 is 5.55. The van der Waals surface area contributed by atoms with Gasteiger partial charge in [0.15, 0.2) is 0 Å². The number of hydrogen-bond acceptors (Lipinski definition) is 7. The molecule has 0 radical (unpaired) electrons. The minimum Gasteiger partial charge on any atom is -0.444 e. The van der Waals surface area contributed by atoms with E-state index in [4.69, 9.17) is 9.72 Å². The van der Waals surface area contributed by atoms with Gasteiger partial charge in [-0.05, 0) is 77.9 Å². The van der Waals surface area contributed by atoms with E-state index in [9.17, 15) is 14.4 Å². The smallest absolute Gasteiger partial charge is 0.410 e. The number of aromatic nitrogens is 2. The lowest BCUT2D eigenvalue weighted by Crippen LogP contribution is -2.35. The number of nitrogens with zero attached hydrogens (tertiary/aromatic N) is 3. The molecule has 1 atom stereocenters. The predicted molar refractivity (Wildman–Crippen MR) is 180 cm³/mol. The minimum atomic E-state index is -0.527. The van der Waals surface area contributed by atoms with Crippen LogP contribution in [-0.4, -0.2) is 82.5 Å². The fraction of sp³-hybridized carbons (Fsp3) is 0.471. The van der Waals surface area contributed by atoms with Gasteiger partial charge in [-0.1, -0.05) is 19.9 Å². The molecule has 10 nitrogen and oxygen atoms in total. The fourth-order valence-electron chi connectivity index (χ4n) is 5.91. The van der Waals surface area contributed by atoms with Gasteiger partial charge in [0.05, 0.1) is 21.8 Å². The molecular formula is C34H44N6O4S. The van der Waals surface area contributed by atoms with Crippen LogP contribution in [0.15, 0.2) is 23.6 Å². The van der Waals surface area contributed by atoms with Gasteiger partial charge in [-0.15, -0.1) is 11.3 Å². The predicted octanol–water partition coefficient (Wildman–Crippen LogP) is 6.04. The standard InChI is InChI=1S/C34H44N6O4S/c1-8-39(9-2)15-13-35-31(42)29-20(3)27(36-21(29)4)17-25-24-16-22(10-11-26(24)37-30(25)41)28-19-45-32(38-28)23-12-14-40(18-23)33(43)44-34(5,6)7/h10-11,16-17,19,23,36H,8-9,12-15,18H2,1-7H3,(H,35,42)(H,37,41). The van der Waals surface area contributed by atoms with E-state index in [0.29, 0.717) is 30.8 Å². The van der Waals surface area contributed by atoms with E-state index in [2.05, 4.69) is 34.4 Å². The molecule has 2 aliphatic heterocycles. The molecule has 1 unspecified atom stereocenters. The zero-order valence-corrected chi connectivity index (χ0v) is 28.1. The molecule has 240 valence electrons. The second kappa shape index (κ2) is 13.2. The number of likely N-dealkylation sites (tertiary alicyclic amines) is 1. The summed E-state index contributed by atoms with van der Waals surface area (Å²) in [5, 5.41) is 9.03. The molecule has 5 rings (SSSR count). The largest absolute Gasteiger partial charge is 0.444 e. The van der Waals surface area contributed by atoms with E-state index in [1.54, 1.807) is 16.2 Å². The van der Waals surface area contributed by atoms with Crippen LogP contribution in [0.4, 0.5) is 10.5 Å². The van der Waals surface area contributed by atoms with Gasteiger partial charge in [0.2, 0.25) is 0 Å². The molecule has 2 aromatic heterocycles. The third-order valence-corrected chi connectivity index (χ3v) is 9.42. The van der Waals surface area contributed by atoms with Crippen LogP contribution in [0.2, 0.25) is 0 Å². The van der Waals surface area contributed by atoms with E-state index in [-0.39, 0.29) is 23.8 Å². The Balaban J connectivity index is 1.33. The zero-order valence-electron chi connectivity index (χ0n) is 27.3. The van der Waals surface area contributed by atoms with E-state index in [1.165, 1.54) is 0 Å². The summed E-state index contributed by atoms with van der Waals surface area (Å²) in [5.41, 5.74) is 6.20. The second-order valence-corrected chi connectivity index (χ2v) is 13.6. The maximum Gasteiger partial charge on any atom is 0.410 e. The Morgan fingerprint density at radius 2 is 1.98 bits per heavy atom. The lowest BCUT2D eigenvalue weighted by Gasteiger charge is -2.24. The first-order valence-corrected chi connectivity index (χ1v) is 16.6. The Labute approximate surface area is 269 Å². The summed E-state index contributed by atoms with van der Waals surface area (Å²) >= 11 is 1.59. The summed E-state index contributed by atoms with van der Waals surface area (Å²) in [6, 6.07) is 5.86. The summed E-state index contributed by atoms with van der Waals surface area (Å²) in [7, 11) is 0. The van der Waals surface area contributed by atoms with Gasteiger partial charge in [-0.2, -0.15) is 0 Å². The van der Waals surface area contributed by atoms with E-state index < -0.39 is 5.60 Å². The van der Waals surface area contributed by atoms with Crippen molar-refractivity contribution in [1.82, 2.24) is 25.1 Å². The molecule has 1 aromatic carbocycles. The number of aromatic amines is 1. The number of aryl methyl sites for hydroxylation is 1. The normalized spacial score (nSPS) is 17.2. The molecule has 1 fully saturated rings. The molecule has 0 saturated carbocycles. The molecule has 3 amide bonds. The first kappa shape index (κ1) is 32.4. The summed E-state index contributed by atoms with van der Waals surface area (Å²) in [6.45, 7) is 18.1. The number of hydrogen-bond donors (Lipinski definition) is 3. The summed E-state index contributed by atoms with van der Waals surface area (Å²) in [4.78, 5) is 51.0. The Kier molecular flexibility index (Phi) is 9.50. The highest BCUT2D eigenvalue weighted by atomic mass is 32.1. The van der Waals surface area contributed by atoms with E-state index in [1.807, 2.05) is 64.3 Å². The first-order valence-electron chi connectivity index (χ1n) is 15.7. The van der Waals surface area contributed by atoms with Crippen LogP contribution in [-0.2, 0) is 9.53 Å². The molecule has 3 N–H and O–H groups in total. The number of likely N-dealkylation sites (N-methyl/N-ethyl adjacent to an activating group) is 1. The maximum atomic E-state index is 13.1. The van der Waals surface area contributed by atoms with Crippen molar-refractivity contribution in [2.75, 3.05) is 44.6 Å². The van der Waals surface area contributed by atoms with Crippen LogP contribution in [0, 0.1) is 13.8 Å². The lowest BCUT2D eigenvalue weighted by molar-refractivity contribution is -0.110. The molecule has 2 aliphatic rings. The Hall–Kier alpha value is -3.96. The molecule has 11 heteroatoms. The second-order valence-electron chi connectivity index (χ2n) is 12.7. The van der Waals surface area contributed by atoms with Crippen molar-refractivity contribution in [3.63, 3.8) is 0 Å². The number of amides is 3. The summed E-state index contributed by atoms with van der Waals surface area (Å²) in [6.07, 6.45) is 2.38. The van der Waals surface area contributed by atoms with Crippen LogP contribution in [0.3, 0.4) is 0 Å². The molecule has 1 saturated heterocycles. The van der Waals surface area contributed by atoms with Crippen molar-refractivity contribution < 1.29 is 19.1 Å². The fourth-order valence-corrected chi connectivity index (χ4v) is 6.87. The van der Waals surface area contributed by atoms with Crippen molar-refractivity contribution in [1.29, 1.82) is 0 Å². The van der Waals surface area contributed by atoms with Gasteiger partial charge in [0, 0.05) is 65.7 Å². The monoisotopic (exact) mass is 632 g/mol. The SMILES string of the molecule is CCN(CC)CCNC(=O)c1c(C)[nH]c(C=C2C(=O)Nc3ccc(-c4csc(C5CCN(C(=O)OC(C)(C)C)C5)n4)cc32)c1C. The molecule has 45 heavy (non-hydrogen) atoms. The van der Waals surface area contributed by atoms with Gasteiger partial charge >= 0.3 is 6.09 Å². The van der Waals surface area contributed by atoms with Crippen LogP contribution in [0.25, 0.3) is 22.9 Å². The quantitative estimate of drug-likeness (QED) is 0.248. The topological polar surface area (TPSA) is 120 Å². The Bertz CT molecular complexity index is 1630. The number of benzene rings is 1. The number of rotatable bonds is 9. The molecular weight excluding hydrogens is 588 g/mol. The van der Waals surface area contributed by atoms with Crippen molar-refractivity contribution in [3.05, 3.63) is 56.7 Å². The van der Waals surface area contributed by atoms with Crippen molar-refractivity contribution in [2.45, 2.75) is 66.4 Å². The zero-order chi connectivity index (χ0) is 32.5. The number of carbonyl (C=O) groups is 3. The highest BCUT2D eigenvalue weighted by Crippen LogP contribution is 2.38. The van der Waals surface area contributed by atoms with Crippen LogP contribution < -0.4 is 10.6 Å². The molecule has 3 aromatic rings. The number of carbonyl (C=O) groups excluding carboxylic acids is 3. The highest BCUT2D eigenvalue weighted by Gasteiger charge is 2.32. The van der Waals surface area contributed by atoms with Crippen molar-refractivity contribution in [2.24, 2.45) is 0 Å². The van der Waals surface area contributed by atoms with Crippen LogP contribution in [0.1, 0.15) is 84.8 Å². The van der Waals surface area contributed by atoms with Gasteiger partial charge in [0.1, 0.15) is 5.60 Å². The van der Waals surface area contributed by atoms with E-state index >= 15 is 0 Å². The van der Waals surface area contributed by atoms with Crippen molar-refractivity contribution in [3.8, 4) is 11.3 Å². The highest BCUT2D eigenvalue weighted by molar-refractivity contribution is 7.10. The van der Waals surface area contributed by atoms with E-state index in [0.717, 1.165) is 70.5 Å². The number of ether oxygens (including phenoxy) is 1. The number of anilines is 1. The molecule has 0 spiro atoms. The Morgan fingerprint density at radius 3 is 2.69 bits per heavy atom. The third-order valence-electron chi connectivity index (χ3n) is 8.41. The minimum absolute atomic E-state index is 0.118. The molecule has 4 heterocycles. The molecule has 0 aliphatic carbocycles. The Morgan fingerprint density at radius 1 is 1.22 bits per heavy atom. The average Bonchev–Trinajstić information content (AvgIpc) is 3.77. The first-order chi connectivity index (χ1) is 21.4. The number of fused-ring (bicyclic) bond motifs is 1. The van der Waals surface area contributed by atoms with Gasteiger partial charge < -0.3 is 30.2 Å². The summed E-state index contributed by atoms with van der Waals surface area (Å²) in [5.74, 6) is -0.147. The van der Waals surface area contributed by atoms with Gasteiger partial charge in [0.25, 0.3) is 11.8 Å². The number of nitrogens with one attached hydrogen (secondary N) is 3. The maximum absolute atomic E-state index is 13.1. The number of thiazole rings is 1. The lowest BCUT2D eigenvalue weighted by atomic mass is 10.0.